The van der Waals surface area contributed by atoms with E-state index in [2.05, 4.69) is 6.92 Å². The van der Waals surface area contributed by atoms with Crippen molar-refractivity contribution in [3.63, 3.8) is 0 Å². The molecule has 1 aromatic rings. The van der Waals surface area contributed by atoms with Gasteiger partial charge in [-0.25, -0.2) is 0 Å². The van der Waals surface area contributed by atoms with Crippen LogP contribution in [0.4, 0.5) is 4.39 Å². The van der Waals surface area contributed by atoms with E-state index < -0.39 is 6.04 Å². The summed E-state index contributed by atoms with van der Waals surface area (Å²) < 4.78 is 12.8. The number of halogens is 1. The molecule has 3 heteroatoms. The van der Waals surface area contributed by atoms with Gasteiger partial charge in [-0.3, -0.25) is 4.79 Å². The molecule has 2 N–H and O–H groups in total. The monoisotopic (exact) mass is 419 g/mol. The van der Waals surface area contributed by atoms with Crippen molar-refractivity contribution in [1.82, 2.24) is 0 Å². The Kier molecular flexibility index (Phi) is 16.6. The molecule has 2 nitrogen and oxygen atoms in total. The van der Waals surface area contributed by atoms with E-state index >= 15 is 0 Å². The van der Waals surface area contributed by atoms with Gasteiger partial charge in [0.1, 0.15) is 0 Å². The van der Waals surface area contributed by atoms with E-state index in [9.17, 15) is 9.18 Å². The second-order valence-electron chi connectivity index (χ2n) is 9.01. The molecule has 0 saturated carbocycles. The van der Waals surface area contributed by atoms with Crippen molar-refractivity contribution >= 4 is 6.04 Å². The van der Waals surface area contributed by atoms with Crippen molar-refractivity contribution in [1.29, 1.82) is 0 Å². The number of aryl methyl sites for hydroxylation is 1. The largest absolute Gasteiger partial charge is 0.332 e. The molecule has 30 heavy (non-hydrogen) atoms. The summed E-state index contributed by atoms with van der Waals surface area (Å²) in [6.45, 7) is 2.28. The van der Waals surface area contributed by atoms with E-state index in [1.54, 1.807) is 12.1 Å². The maximum atomic E-state index is 12.8. The summed E-state index contributed by atoms with van der Waals surface area (Å²) in [7, 11) is 0. The lowest BCUT2D eigenvalue weighted by atomic mass is 9.99. The lowest BCUT2D eigenvalue weighted by molar-refractivity contribution is 0.0836. The molecule has 0 heterocycles. The Hall–Kier alpha value is -1.22. The lowest BCUT2D eigenvalue weighted by Crippen LogP contribution is -2.20. The summed E-state index contributed by atoms with van der Waals surface area (Å²) in [6.07, 6.45) is 23.4. The Morgan fingerprint density at radius 2 is 1.30 bits per heavy atom. The molecule has 1 rings (SSSR count). The molecular formula is C27H46FNO. The van der Waals surface area contributed by atoms with Gasteiger partial charge < -0.3 is 5.73 Å². The first-order valence-electron chi connectivity index (χ1n) is 12.7. The van der Waals surface area contributed by atoms with Crippen LogP contribution in [0.1, 0.15) is 132 Å². The Labute approximate surface area is 185 Å². The first kappa shape index (κ1) is 26.8. The normalized spacial score (nSPS) is 12.2. The van der Waals surface area contributed by atoms with Crippen molar-refractivity contribution < 1.29 is 9.18 Å². The number of hydrogen-bond acceptors (Lipinski definition) is 2. The average molecular weight is 420 g/mol. The van der Waals surface area contributed by atoms with Gasteiger partial charge in [-0.05, 0) is 37.0 Å². The van der Waals surface area contributed by atoms with Crippen LogP contribution in [0, 0.1) is 0 Å². The number of carbonyl (C=O) groups excluding carboxylic acids is 1. The molecule has 0 saturated heterocycles. The summed E-state index contributed by atoms with van der Waals surface area (Å²) >= 11 is 0. The summed E-state index contributed by atoms with van der Waals surface area (Å²) in [6, 6.07) is 5.66. The Morgan fingerprint density at radius 3 is 1.80 bits per heavy atom. The highest BCUT2D eigenvalue weighted by atomic mass is 19.1. The fourth-order valence-corrected chi connectivity index (χ4v) is 4.12. The van der Waals surface area contributed by atoms with Gasteiger partial charge in [0.05, 0.1) is 5.56 Å². The molecular weight excluding hydrogens is 373 g/mol. The fourth-order valence-electron chi connectivity index (χ4n) is 4.12. The molecule has 1 unspecified atom stereocenters. The van der Waals surface area contributed by atoms with Crippen LogP contribution in [0.15, 0.2) is 24.3 Å². The van der Waals surface area contributed by atoms with Gasteiger partial charge in [0.15, 0.2) is 0 Å². The predicted molar refractivity (Wildman–Crippen MR) is 128 cm³/mol. The van der Waals surface area contributed by atoms with Crippen LogP contribution in [-0.4, -0.2) is 12.1 Å². The molecule has 0 bridgehead atoms. The average Bonchev–Trinajstić information content (AvgIpc) is 2.75. The van der Waals surface area contributed by atoms with E-state index in [1.165, 1.54) is 102 Å². The van der Waals surface area contributed by atoms with Crippen LogP contribution >= 0.6 is 0 Å². The third-order valence-corrected chi connectivity index (χ3v) is 6.14. The van der Waals surface area contributed by atoms with E-state index in [0.717, 1.165) is 24.8 Å². The number of carbonyl (C=O) groups is 1. The van der Waals surface area contributed by atoms with Crippen LogP contribution < -0.4 is 5.73 Å². The molecule has 0 fully saturated rings. The fraction of sp³-hybridized carbons (Fsp3) is 0.741. The van der Waals surface area contributed by atoms with Gasteiger partial charge in [0, 0.05) is 6.04 Å². The second kappa shape index (κ2) is 18.5. The van der Waals surface area contributed by atoms with E-state index in [-0.39, 0.29) is 11.6 Å². The minimum Gasteiger partial charge on any atom is -0.328 e. The zero-order valence-corrected chi connectivity index (χ0v) is 19.5. The first-order valence-corrected chi connectivity index (χ1v) is 12.7. The zero-order valence-electron chi connectivity index (χ0n) is 19.5. The molecule has 1 aromatic carbocycles. The van der Waals surface area contributed by atoms with E-state index in [4.69, 9.17) is 5.73 Å². The Bertz CT molecular complexity index is 545. The number of unbranched alkanes of at least 4 members (excludes halogenated alkanes) is 14. The quantitative estimate of drug-likeness (QED) is 0.170. The highest BCUT2D eigenvalue weighted by molar-refractivity contribution is 5.88. The minimum atomic E-state index is -1.36. The van der Waals surface area contributed by atoms with Crippen LogP contribution in [-0.2, 0) is 6.42 Å². The van der Waals surface area contributed by atoms with Gasteiger partial charge in [-0.1, -0.05) is 115 Å². The molecule has 0 aromatic heterocycles. The van der Waals surface area contributed by atoms with Crippen molar-refractivity contribution in [3.8, 4) is 0 Å². The summed E-state index contributed by atoms with van der Waals surface area (Å²) in [4.78, 5) is 10.8. The molecule has 0 aliphatic rings. The van der Waals surface area contributed by atoms with Gasteiger partial charge in [-0.15, -0.1) is 0 Å². The maximum absolute atomic E-state index is 12.8. The van der Waals surface area contributed by atoms with E-state index in [0.29, 0.717) is 0 Å². The van der Waals surface area contributed by atoms with Crippen molar-refractivity contribution in [2.75, 3.05) is 0 Å². The molecule has 1 atom stereocenters. The molecule has 0 radical (unpaired) electrons. The SMILES string of the molecule is CCCCCCCCCCCCCCCCCC(N)CCc1cccc(C(=O)F)c1. The van der Waals surface area contributed by atoms with Crippen LogP contribution in [0.5, 0.6) is 0 Å². The van der Waals surface area contributed by atoms with Gasteiger partial charge in [-0.2, -0.15) is 4.39 Å². The highest BCUT2D eigenvalue weighted by Gasteiger charge is 2.07. The van der Waals surface area contributed by atoms with Gasteiger partial charge in [0.25, 0.3) is 0 Å². The number of nitrogens with two attached hydrogens (primary N) is 1. The molecule has 0 aliphatic carbocycles. The smallest absolute Gasteiger partial charge is 0.328 e. The summed E-state index contributed by atoms with van der Waals surface area (Å²) in [5, 5.41) is 0. The number of benzene rings is 1. The number of hydrogen-bond donors (Lipinski definition) is 1. The lowest BCUT2D eigenvalue weighted by Gasteiger charge is -2.11. The summed E-state index contributed by atoms with van der Waals surface area (Å²) in [5.74, 6) is 0. The number of rotatable bonds is 20. The topological polar surface area (TPSA) is 43.1 Å². The van der Waals surface area contributed by atoms with E-state index in [1.807, 2.05) is 6.07 Å². The third-order valence-electron chi connectivity index (χ3n) is 6.14. The standard InChI is InChI=1S/C27H46FNO/c1-2-3-4-5-6-7-8-9-10-11-12-13-14-15-16-20-26(29)22-21-24-18-17-19-25(23-24)27(28)30/h17-19,23,26H,2-16,20-22,29H2,1H3. The van der Waals surface area contributed by atoms with Gasteiger partial charge in [0.2, 0.25) is 0 Å². The predicted octanol–water partition coefficient (Wildman–Crippen LogP) is 8.32. The minimum absolute atomic E-state index is 0.142. The highest BCUT2D eigenvalue weighted by Crippen LogP contribution is 2.15. The summed E-state index contributed by atoms with van der Waals surface area (Å²) in [5.41, 5.74) is 7.37. The molecule has 0 amide bonds. The zero-order chi connectivity index (χ0) is 21.9. The Balaban J connectivity index is 1.87. The molecule has 0 aliphatic heterocycles. The first-order chi connectivity index (χ1) is 14.6. The van der Waals surface area contributed by atoms with Crippen molar-refractivity contribution in [2.24, 2.45) is 5.73 Å². The Morgan fingerprint density at radius 1 is 0.800 bits per heavy atom. The molecule has 172 valence electrons. The van der Waals surface area contributed by atoms with Crippen LogP contribution in [0.2, 0.25) is 0 Å². The molecule has 0 spiro atoms. The van der Waals surface area contributed by atoms with Crippen molar-refractivity contribution in [3.05, 3.63) is 35.4 Å². The third kappa shape index (κ3) is 14.7. The van der Waals surface area contributed by atoms with Gasteiger partial charge >= 0.3 is 6.04 Å². The van der Waals surface area contributed by atoms with Crippen LogP contribution in [0.3, 0.4) is 0 Å². The second-order valence-corrected chi connectivity index (χ2v) is 9.01. The maximum Gasteiger partial charge on any atom is 0.332 e. The van der Waals surface area contributed by atoms with Crippen LogP contribution in [0.25, 0.3) is 0 Å². The van der Waals surface area contributed by atoms with Crippen molar-refractivity contribution in [2.45, 2.75) is 129 Å².